The van der Waals surface area contributed by atoms with Crippen molar-refractivity contribution in [2.45, 2.75) is 38.5 Å². The smallest absolute Gasteiger partial charge is 0.315 e. The van der Waals surface area contributed by atoms with Gasteiger partial charge in [0.15, 0.2) is 0 Å². The average molecular weight is 254 g/mol. The first-order valence-corrected chi connectivity index (χ1v) is 6.82. The molecule has 2 heterocycles. The first kappa shape index (κ1) is 12.4. The highest BCUT2D eigenvalue weighted by atomic mass is 32.1. The summed E-state index contributed by atoms with van der Waals surface area (Å²) in [6.07, 6.45) is 2.29. The zero-order chi connectivity index (χ0) is 12.1. The van der Waals surface area contributed by atoms with Crippen molar-refractivity contribution >= 4 is 17.4 Å². The molecule has 0 radical (unpaired) electrons. The summed E-state index contributed by atoms with van der Waals surface area (Å²) in [5.41, 5.74) is 0. The van der Waals surface area contributed by atoms with Gasteiger partial charge in [-0.1, -0.05) is 6.07 Å². The molecule has 0 saturated carbocycles. The molecule has 1 aromatic heterocycles. The molecule has 5 heteroatoms. The Labute approximate surface area is 105 Å². The lowest BCUT2D eigenvalue weighted by atomic mass is 10.1. The SMILES string of the molecule is CC(NC(=O)NCc1cccs1)C1CCCO1. The van der Waals surface area contributed by atoms with Crippen molar-refractivity contribution in [3.63, 3.8) is 0 Å². The number of rotatable bonds is 4. The summed E-state index contributed by atoms with van der Waals surface area (Å²) in [5.74, 6) is 0. The van der Waals surface area contributed by atoms with Gasteiger partial charge in [0, 0.05) is 11.5 Å². The van der Waals surface area contributed by atoms with Gasteiger partial charge in [-0.05, 0) is 31.2 Å². The second-order valence-electron chi connectivity index (χ2n) is 4.25. The maximum absolute atomic E-state index is 11.6. The van der Waals surface area contributed by atoms with Crippen LogP contribution in [0.1, 0.15) is 24.6 Å². The molecule has 4 nitrogen and oxygen atoms in total. The number of hydrogen-bond donors (Lipinski definition) is 2. The van der Waals surface area contributed by atoms with Crippen molar-refractivity contribution in [1.29, 1.82) is 0 Å². The Bertz CT molecular complexity index is 347. The van der Waals surface area contributed by atoms with E-state index < -0.39 is 0 Å². The molecule has 1 fully saturated rings. The molecule has 2 amide bonds. The van der Waals surface area contributed by atoms with Crippen LogP contribution < -0.4 is 10.6 Å². The summed E-state index contributed by atoms with van der Waals surface area (Å²) in [7, 11) is 0. The molecule has 2 rings (SSSR count). The average Bonchev–Trinajstić information content (AvgIpc) is 2.99. The molecular formula is C12H18N2O2S. The van der Waals surface area contributed by atoms with Gasteiger partial charge >= 0.3 is 6.03 Å². The maximum Gasteiger partial charge on any atom is 0.315 e. The molecule has 1 aromatic rings. The van der Waals surface area contributed by atoms with Crippen LogP contribution in [-0.2, 0) is 11.3 Å². The Morgan fingerprint density at radius 1 is 1.71 bits per heavy atom. The van der Waals surface area contributed by atoms with Crippen LogP contribution in [0.2, 0.25) is 0 Å². The Morgan fingerprint density at radius 2 is 2.59 bits per heavy atom. The van der Waals surface area contributed by atoms with E-state index in [0.717, 1.165) is 24.3 Å². The molecule has 1 aliphatic heterocycles. The van der Waals surface area contributed by atoms with Gasteiger partial charge in [0.05, 0.1) is 18.7 Å². The van der Waals surface area contributed by atoms with Crippen LogP contribution in [0, 0.1) is 0 Å². The lowest BCUT2D eigenvalue weighted by Crippen LogP contribution is -2.45. The van der Waals surface area contributed by atoms with Crippen LogP contribution in [0.5, 0.6) is 0 Å². The maximum atomic E-state index is 11.6. The fourth-order valence-corrected chi connectivity index (χ4v) is 2.57. The lowest BCUT2D eigenvalue weighted by Gasteiger charge is -2.20. The molecular weight excluding hydrogens is 236 g/mol. The normalized spacial score (nSPS) is 21.1. The van der Waals surface area contributed by atoms with Gasteiger partial charge in [0.2, 0.25) is 0 Å². The highest BCUT2D eigenvalue weighted by Crippen LogP contribution is 2.15. The fraction of sp³-hybridized carbons (Fsp3) is 0.583. The van der Waals surface area contributed by atoms with Gasteiger partial charge < -0.3 is 15.4 Å². The van der Waals surface area contributed by atoms with Gasteiger partial charge in [-0.2, -0.15) is 0 Å². The van der Waals surface area contributed by atoms with Crippen molar-refractivity contribution in [1.82, 2.24) is 10.6 Å². The van der Waals surface area contributed by atoms with Crippen LogP contribution in [0.4, 0.5) is 4.79 Å². The number of thiophene rings is 1. The van der Waals surface area contributed by atoms with E-state index in [9.17, 15) is 4.79 Å². The summed E-state index contributed by atoms with van der Waals surface area (Å²) < 4.78 is 5.53. The lowest BCUT2D eigenvalue weighted by molar-refractivity contribution is 0.0860. The second kappa shape index (κ2) is 6.02. The molecule has 0 spiro atoms. The third-order valence-corrected chi connectivity index (χ3v) is 3.76. The molecule has 0 bridgehead atoms. The Balaban J connectivity index is 1.69. The van der Waals surface area contributed by atoms with Crippen LogP contribution in [-0.4, -0.2) is 24.8 Å². The third-order valence-electron chi connectivity index (χ3n) is 2.88. The first-order valence-electron chi connectivity index (χ1n) is 5.94. The number of ether oxygens (including phenoxy) is 1. The largest absolute Gasteiger partial charge is 0.376 e. The van der Waals surface area contributed by atoms with E-state index in [1.807, 2.05) is 24.4 Å². The van der Waals surface area contributed by atoms with Crippen molar-refractivity contribution in [3.8, 4) is 0 Å². The van der Waals surface area contributed by atoms with Crippen molar-refractivity contribution in [2.24, 2.45) is 0 Å². The summed E-state index contributed by atoms with van der Waals surface area (Å²) in [6, 6.07) is 3.94. The monoisotopic (exact) mass is 254 g/mol. The second-order valence-corrected chi connectivity index (χ2v) is 5.28. The molecule has 1 saturated heterocycles. The standard InChI is InChI=1S/C12H18N2O2S/c1-9(11-5-2-6-16-11)14-12(15)13-8-10-4-3-7-17-10/h3-4,7,9,11H,2,5-6,8H2,1H3,(H2,13,14,15). The predicted octanol–water partition coefficient (Wildman–Crippen LogP) is 2.11. The van der Waals surface area contributed by atoms with E-state index in [2.05, 4.69) is 10.6 Å². The number of urea groups is 1. The van der Waals surface area contributed by atoms with Crippen molar-refractivity contribution in [3.05, 3.63) is 22.4 Å². The van der Waals surface area contributed by atoms with Crippen molar-refractivity contribution in [2.75, 3.05) is 6.61 Å². The summed E-state index contributed by atoms with van der Waals surface area (Å²) in [6.45, 7) is 3.38. The van der Waals surface area contributed by atoms with E-state index in [-0.39, 0.29) is 18.2 Å². The van der Waals surface area contributed by atoms with Gasteiger partial charge in [-0.3, -0.25) is 0 Å². The highest BCUT2D eigenvalue weighted by molar-refractivity contribution is 7.09. The van der Waals surface area contributed by atoms with E-state index in [1.165, 1.54) is 0 Å². The zero-order valence-corrected chi connectivity index (χ0v) is 10.8. The summed E-state index contributed by atoms with van der Waals surface area (Å²) >= 11 is 1.64. The molecule has 0 aromatic carbocycles. The van der Waals surface area contributed by atoms with Crippen LogP contribution in [0.3, 0.4) is 0 Å². The molecule has 17 heavy (non-hydrogen) atoms. The van der Waals surface area contributed by atoms with Gasteiger partial charge in [-0.25, -0.2) is 4.79 Å². The van der Waals surface area contributed by atoms with E-state index in [1.54, 1.807) is 11.3 Å². The van der Waals surface area contributed by atoms with Gasteiger partial charge in [-0.15, -0.1) is 11.3 Å². The Hall–Kier alpha value is -1.07. The Morgan fingerprint density at radius 3 is 3.24 bits per heavy atom. The Kier molecular flexibility index (Phi) is 4.39. The number of hydrogen-bond acceptors (Lipinski definition) is 3. The third kappa shape index (κ3) is 3.71. The minimum atomic E-state index is -0.124. The molecule has 2 N–H and O–H groups in total. The summed E-state index contributed by atoms with van der Waals surface area (Å²) in [5, 5.41) is 7.76. The summed E-state index contributed by atoms with van der Waals surface area (Å²) in [4.78, 5) is 12.8. The fourth-order valence-electron chi connectivity index (χ4n) is 1.93. The minimum Gasteiger partial charge on any atom is -0.376 e. The van der Waals surface area contributed by atoms with E-state index in [0.29, 0.717) is 6.54 Å². The molecule has 2 unspecified atom stereocenters. The number of carbonyl (C=O) groups is 1. The topological polar surface area (TPSA) is 50.4 Å². The predicted molar refractivity (Wildman–Crippen MR) is 68.1 cm³/mol. The first-order chi connectivity index (χ1) is 8.25. The van der Waals surface area contributed by atoms with Gasteiger partial charge in [0.1, 0.15) is 0 Å². The van der Waals surface area contributed by atoms with Crippen LogP contribution in [0.15, 0.2) is 17.5 Å². The minimum absolute atomic E-state index is 0.0702. The van der Waals surface area contributed by atoms with Gasteiger partial charge in [0.25, 0.3) is 0 Å². The van der Waals surface area contributed by atoms with E-state index in [4.69, 9.17) is 4.74 Å². The number of carbonyl (C=O) groups excluding carboxylic acids is 1. The number of nitrogens with one attached hydrogen (secondary N) is 2. The molecule has 2 atom stereocenters. The highest BCUT2D eigenvalue weighted by Gasteiger charge is 2.23. The van der Waals surface area contributed by atoms with Crippen LogP contribution >= 0.6 is 11.3 Å². The molecule has 94 valence electrons. The number of amides is 2. The van der Waals surface area contributed by atoms with E-state index >= 15 is 0 Å². The van der Waals surface area contributed by atoms with Crippen molar-refractivity contribution < 1.29 is 9.53 Å². The van der Waals surface area contributed by atoms with Crippen LogP contribution in [0.25, 0.3) is 0 Å². The quantitative estimate of drug-likeness (QED) is 0.864. The molecule has 0 aliphatic carbocycles. The zero-order valence-electron chi connectivity index (χ0n) is 9.94. The molecule has 1 aliphatic rings.